The van der Waals surface area contributed by atoms with Crippen LogP contribution in [0, 0.1) is 0 Å². The Hall–Kier alpha value is -1.97. The SMILES string of the molecule is C1=COC(NCc2ccncc2)=CO1. The van der Waals surface area contributed by atoms with Gasteiger partial charge < -0.3 is 14.8 Å². The summed E-state index contributed by atoms with van der Waals surface area (Å²) in [4.78, 5) is 3.93. The third-order valence-electron chi connectivity index (χ3n) is 1.72. The highest BCUT2D eigenvalue weighted by molar-refractivity contribution is 5.10. The summed E-state index contributed by atoms with van der Waals surface area (Å²) >= 11 is 0. The van der Waals surface area contributed by atoms with Crippen LogP contribution in [0.2, 0.25) is 0 Å². The maximum absolute atomic E-state index is 5.13. The van der Waals surface area contributed by atoms with E-state index in [1.807, 2.05) is 12.1 Å². The molecule has 0 aromatic carbocycles. The van der Waals surface area contributed by atoms with Crippen LogP contribution in [0.25, 0.3) is 0 Å². The van der Waals surface area contributed by atoms with Gasteiger partial charge in [0.05, 0.1) is 0 Å². The predicted molar refractivity (Wildman–Crippen MR) is 50.5 cm³/mol. The molecular weight excluding hydrogens is 180 g/mol. The molecule has 0 bridgehead atoms. The van der Waals surface area contributed by atoms with Crippen molar-refractivity contribution in [2.45, 2.75) is 6.54 Å². The zero-order chi connectivity index (χ0) is 9.64. The smallest absolute Gasteiger partial charge is 0.228 e. The van der Waals surface area contributed by atoms with Crippen LogP contribution in [0.3, 0.4) is 0 Å². The molecule has 2 rings (SSSR count). The van der Waals surface area contributed by atoms with E-state index < -0.39 is 0 Å². The number of nitrogens with zero attached hydrogens (tertiary/aromatic N) is 1. The molecule has 0 atom stereocenters. The van der Waals surface area contributed by atoms with Crippen LogP contribution >= 0.6 is 0 Å². The minimum absolute atomic E-state index is 0.601. The van der Waals surface area contributed by atoms with Crippen molar-refractivity contribution in [3.05, 3.63) is 54.8 Å². The monoisotopic (exact) mass is 190 g/mol. The highest BCUT2D eigenvalue weighted by Crippen LogP contribution is 2.03. The average molecular weight is 190 g/mol. The Labute approximate surface area is 81.9 Å². The topological polar surface area (TPSA) is 43.4 Å². The predicted octanol–water partition coefficient (Wildman–Crippen LogP) is 1.49. The lowest BCUT2D eigenvalue weighted by molar-refractivity contribution is 0.233. The molecule has 0 spiro atoms. The second-order valence-electron chi connectivity index (χ2n) is 2.72. The lowest BCUT2D eigenvalue weighted by Gasteiger charge is -2.11. The molecular formula is C10H10N2O2. The van der Waals surface area contributed by atoms with Crippen molar-refractivity contribution in [2.75, 3.05) is 0 Å². The third kappa shape index (κ3) is 2.26. The first kappa shape index (κ1) is 8.62. The van der Waals surface area contributed by atoms with Gasteiger partial charge in [0.25, 0.3) is 0 Å². The molecule has 14 heavy (non-hydrogen) atoms. The Morgan fingerprint density at radius 2 is 2.07 bits per heavy atom. The molecule has 4 nitrogen and oxygen atoms in total. The summed E-state index contributed by atoms with van der Waals surface area (Å²) in [6.07, 6.45) is 7.97. The lowest BCUT2D eigenvalue weighted by Crippen LogP contribution is -2.15. The molecule has 0 radical (unpaired) electrons. The van der Waals surface area contributed by atoms with E-state index >= 15 is 0 Å². The molecule has 2 heterocycles. The molecule has 1 N–H and O–H groups in total. The summed E-state index contributed by atoms with van der Waals surface area (Å²) in [6, 6.07) is 3.88. The van der Waals surface area contributed by atoms with Crippen LogP contribution in [0.1, 0.15) is 5.56 Å². The summed E-state index contributed by atoms with van der Waals surface area (Å²) < 4.78 is 10.1. The molecule has 1 aliphatic rings. The maximum Gasteiger partial charge on any atom is 0.228 e. The first-order chi connectivity index (χ1) is 6.95. The van der Waals surface area contributed by atoms with Gasteiger partial charge in [-0.25, -0.2) is 0 Å². The zero-order valence-corrected chi connectivity index (χ0v) is 7.51. The molecule has 0 aliphatic carbocycles. The van der Waals surface area contributed by atoms with Gasteiger partial charge in [-0.15, -0.1) is 0 Å². The largest absolute Gasteiger partial charge is 0.464 e. The summed E-state index contributed by atoms with van der Waals surface area (Å²) in [6.45, 7) is 0.686. The van der Waals surface area contributed by atoms with E-state index in [1.165, 1.54) is 18.8 Å². The van der Waals surface area contributed by atoms with Gasteiger partial charge in [-0.2, -0.15) is 0 Å². The second kappa shape index (κ2) is 4.32. The summed E-state index contributed by atoms with van der Waals surface area (Å²) in [5.74, 6) is 0.601. The van der Waals surface area contributed by atoms with Gasteiger partial charge >= 0.3 is 0 Å². The quantitative estimate of drug-likeness (QED) is 0.784. The van der Waals surface area contributed by atoms with Crippen molar-refractivity contribution in [3.8, 4) is 0 Å². The van der Waals surface area contributed by atoms with Crippen LogP contribution in [0.5, 0.6) is 0 Å². The Bertz CT molecular complexity index is 346. The van der Waals surface area contributed by atoms with Gasteiger partial charge in [-0.3, -0.25) is 4.98 Å². The number of aromatic nitrogens is 1. The normalized spacial score (nSPS) is 13.9. The Morgan fingerprint density at radius 1 is 1.21 bits per heavy atom. The fourth-order valence-corrected chi connectivity index (χ4v) is 1.04. The maximum atomic E-state index is 5.13. The molecule has 1 aliphatic heterocycles. The summed E-state index contributed by atoms with van der Waals surface area (Å²) in [7, 11) is 0. The average Bonchev–Trinajstić information content (AvgIpc) is 2.29. The Morgan fingerprint density at radius 3 is 2.79 bits per heavy atom. The molecule has 0 saturated carbocycles. The molecule has 0 unspecified atom stereocenters. The number of hydrogen-bond donors (Lipinski definition) is 1. The van der Waals surface area contributed by atoms with Gasteiger partial charge in [0.15, 0.2) is 6.26 Å². The Kier molecular flexibility index (Phi) is 2.66. The van der Waals surface area contributed by atoms with Crippen molar-refractivity contribution in [2.24, 2.45) is 0 Å². The molecule has 1 aromatic rings. The van der Waals surface area contributed by atoms with E-state index in [1.54, 1.807) is 12.4 Å². The number of pyridine rings is 1. The lowest BCUT2D eigenvalue weighted by atomic mass is 10.3. The van der Waals surface area contributed by atoms with Crippen LogP contribution in [0.4, 0.5) is 0 Å². The first-order valence-electron chi connectivity index (χ1n) is 4.25. The zero-order valence-electron chi connectivity index (χ0n) is 7.51. The van der Waals surface area contributed by atoms with Crippen LogP contribution < -0.4 is 5.32 Å². The van der Waals surface area contributed by atoms with E-state index in [-0.39, 0.29) is 0 Å². The van der Waals surface area contributed by atoms with E-state index in [9.17, 15) is 0 Å². The van der Waals surface area contributed by atoms with Crippen molar-refractivity contribution in [1.29, 1.82) is 0 Å². The molecule has 1 aromatic heterocycles. The molecule has 0 saturated heterocycles. The number of ether oxygens (including phenoxy) is 2. The number of rotatable bonds is 3. The van der Waals surface area contributed by atoms with Crippen LogP contribution in [-0.4, -0.2) is 4.98 Å². The van der Waals surface area contributed by atoms with Crippen molar-refractivity contribution < 1.29 is 9.47 Å². The van der Waals surface area contributed by atoms with Gasteiger partial charge in [-0.05, 0) is 17.7 Å². The minimum atomic E-state index is 0.601. The molecule has 4 heteroatoms. The van der Waals surface area contributed by atoms with Gasteiger partial charge in [0.1, 0.15) is 12.5 Å². The highest BCUT2D eigenvalue weighted by atomic mass is 16.5. The molecule has 0 fully saturated rings. The van der Waals surface area contributed by atoms with Gasteiger partial charge in [0.2, 0.25) is 5.88 Å². The first-order valence-corrected chi connectivity index (χ1v) is 4.25. The van der Waals surface area contributed by atoms with E-state index in [4.69, 9.17) is 9.47 Å². The highest BCUT2D eigenvalue weighted by Gasteiger charge is 1.99. The van der Waals surface area contributed by atoms with Crippen LogP contribution in [0.15, 0.2) is 49.2 Å². The summed E-state index contributed by atoms with van der Waals surface area (Å²) in [5.41, 5.74) is 1.14. The standard InChI is InChI=1S/C10H10N2O2/c1-3-11-4-2-9(1)7-12-10-8-13-5-6-14-10/h1-6,8,12H,7H2. The van der Waals surface area contributed by atoms with E-state index in [0.29, 0.717) is 12.4 Å². The third-order valence-corrected chi connectivity index (χ3v) is 1.72. The fourth-order valence-electron chi connectivity index (χ4n) is 1.04. The number of nitrogens with one attached hydrogen (secondary N) is 1. The Balaban J connectivity index is 1.86. The van der Waals surface area contributed by atoms with Crippen molar-refractivity contribution in [3.63, 3.8) is 0 Å². The fraction of sp³-hybridized carbons (Fsp3) is 0.100. The molecule has 0 amide bonds. The second-order valence-corrected chi connectivity index (χ2v) is 2.72. The summed E-state index contributed by atoms with van der Waals surface area (Å²) in [5, 5.41) is 3.07. The minimum Gasteiger partial charge on any atom is -0.464 e. The van der Waals surface area contributed by atoms with Crippen molar-refractivity contribution >= 4 is 0 Å². The van der Waals surface area contributed by atoms with Crippen LogP contribution in [-0.2, 0) is 16.0 Å². The van der Waals surface area contributed by atoms with E-state index in [0.717, 1.165) is 5.56 Å². The number of hydrogen-bond acceptors (Lipinski definition) is 4. The van der Waals surface area contributed by atoms with Gasteiger partial charge in [0, 0.05) is 18.9 Å². The van der Waals surface area contributed by atoms with Crippen molar-refractivity contribution in [1.82, 2.24) is 10.3 Å². The van der Waals surface area contributed by atoms with Gasteiger partial charge in [-0.1, -0.05) is 0 Å². The van der Waals surface area contributed by atoms with E-state index in [2.05, 4.69) is 10.3 Å². The molecule has 72 valence electrons.